The van der Waals surface area contributed by atoms with E-state index in [1.165, 1.54) is 11.8 Å². The maximum Gasteiger partial charge on any atom is 0.193 e. The van der Waals surface area contributed by atoms with E-state index in [-0.39, 0.29) is 6.61 Å². The van der Waals surface area contributed by atoms with Crippen LogP contribution in [0.2, 0.25) is 0 Å². The summed E-state index contributed by atoms with van der Waals surface area (Å²) >= 11 is 1.34. The number of hydrogen-bond donors (Lipinski definition) is 2. The quantitative estimate of drug-likeness (QED) is 0.688. The molecule has 2 aromatic rings. The summed E-state index contributed by atoms with van der Waals surface area (Å²) in [5, 5.41) is 26.2. The lowest BCUT2D eigenvalue weighted by atomic mass is 10.4. The number of aliphatic hydroxyl groups is 2. The molecule has 0 radical (unpaired) electrons. The maximum absolute atomic E-state index is 9.20. The monoisotopic (exact) mass is 226 g/mol. The molecule has 0 aliphatic heterocycles. The van der Waals surface area contributed by atoms with Crippen LogP contribution in [0.4, 0.5) is 0 Å². The number of fused-ring (bicyclic) bond motifs is 1. The summed E-state index contributed by atoms with van der Waals surface area (Å²) in [5.74, 6) is 0.385. The lowest BCUT2D eigenvalue weighted by Gasteiger charge is -2.05. The average molecular weight is 226 g/mol. The second-order valence-corrected chi connectivity index (χ2v) is 3.95. The molecule has 0 saturated heterocycles. The largest absolute Gasteiger partial charge is 0.394 e. The summed E-state index contributed by atoms with van der Waals surface area (Å²) in [6.45, 7) is -0.247. The van der Waals surface area contributed by atoms with E-state index >= 15 is 0 Å². The van der Waals surface area contributed by atoms with Crippen LogP contribution in [0.1, 0.15) is 0 Å². The lowest BCUT2D eigenvalue weighted by Crippen LogP contribution is -2.14. The first kappa shape index (κ1) is 10.3. The lowest BCUT2D eigenvalue weighted by molar-refractivity contribution is 0.113. The van der Waals surface area contributed by atoms with E-state index in [4.69, 9.17) is 5.11 Å². The molecule has 2 aromatic heterocycles. The smallest absolute Gasteiger partial charge is 0.193 e. The molecule has 6 nitrogen and oxygen atoms in total. The van der Waals surface area contributed by atoms with Gasteiger partial charge in [-0.2, -0.15) is 0 Å². The highest BCUT2D eigenvalue weighted by atomic mass is 32.2. The first-order chi connectivity index (χ1) is 7.31. The summed E-state index contributed by atoms with van der Waals surface area (Å²) in [4.78, 5) is 4.13. The highest BCUT2D eigenvalue weighted by Gasteiger charge is 2.08. The van der Waals surface area contributed by atoms with E-state index in [9.17, 15) is 5.11 Å². The molecule has 0 aliphatic rings. The van der Waals surface area contributed by atoms with Crippen LogP contribution < -0.4 is 0 Å². The highest BCUT2D eigenvalue weighted by Crippen LogP contribution is 2.19. The van der Waals surface area contributed by atoms with E-state index in [1.807, 2.05) is 0 Å². The standard InChI is InChI=1S/C8H10N4O2S/c13-3-6(14)4-15-8-7-11-10-5-12(7)2-1-9-8/h1-2,5-6,13-14H,3-4H2. The predicted octanol–water partition coefficient (Wildman–Crippen LogP) is -0.430. The van der Waals surface area contributed by atoms with Crippen LogP contribution in [0.15, 0.2) is 23.7 Å². The minimum absolute atomic E-state index is 0.247. The zero-order valence-electron chi connectivity index (χ0n) is 7.82. The molecule has 0 saturated carbocycles. The van der Waals surface area contributed by atoms with Gasteiger partial charge < -0.3 is 10.2 Å². The molecule has 1 unspecified atom stereocenters. The molecule has 0 bridgehead atoms. The van der Waals surface area contributed by atoms with Crippen LogP contribution in [-0.2, 0) is 0 Å². The molecule has 0 fully saturated rings. The third kappa shape index (κ3) is 2.25. The molecule has 0 spiro atoms. The molecular formula is C8H10N4O2S. The van der Waals surface area contributed by atoms with Gasteiger partial charge in [0.15, 0.2) is 5.65 Å². The Hall–Kier alpha value is -1.18. The molecule has 2 heterocycles. The highest BCUT2D eigenvalue weighted by molar-refractivity contribution is 7.99. The van der Waals surface area contributed by atoms with Gasteiger partial charge in [0.2, 0.25) is 0 Å². The van der Waals surface area contributed by atoms with Crippen molar-refractivity contribution in [3.8, 4) is 0 Å². The van der Waals surface area contributed by atoms with E-state index in [1.54, 1.807) is 23.1 Å². The van der Waals surface area contributed by atoms with Crippen LogP contribution in [0.3, 0.4) is 0 Å². The molecule has 2 N–H and O–H groups in total. The predicted molar refractivity (Wildman–Crippen MR) is 54.6 cm³/mol. The fraction of sp³-hybridized carbons (Fsp3) is 0.375. The zero-order chi connectivity index (χ0) is 10.7. The van der Waals surface area contributed by atoms with Gasteiger partial charge in [-0.15, -0.1) is 10.2 Å². The number of aliphatic hydroxyl groups excluding tert-OH is 2. The Morgan fingerprint density at radius 2 is 2.40 bits per heavy atom. The van der Waals surface area contributed by atoms with E-state index in [0.717, 1.165) is 0 Å². The second kappa shape index (κ2) is 4.56. The molecule has 2 rings (SSSR count). The maximum atomic E-state index is 9.20. The molecule has 80 valence electrons. The van der Waals surface area contributed by atoms with Crippen LogP contribution >= 0.6 is 11.8 Å². The second-order valence-electron chi connectivity index (χ2n) is 2.94. The van der Waals surface area contributed by atoms with E-state index < -0.39 is 6.10 Å². The third-order valence-electron chi connectivity index (χ3n) is 1.81. The van der Waals surface area contributed by atoms with E-state index in [0.29, 0.717) is 16.4 Å². The van der Waals surface area contributed by atoms with Gasteiger partial charge in [0.1, 0.15) is 11.4 Å². The fourth-order valence-corrected chi connectivity index (χ4v) is 1.93. The number of hydrogen-bond acceptors (Lipinski definition) is 6. The zero-order valence-corrected chi connectivity index (χ0v) is 8.63. The fourth-order valence-electron chi connectivity index (χ4n) is 1.07. The first-order valence-corrected chi connectivity index (χ1v) is 5.36. The average Bonchev–Trinajstić information content (AvgIpc) is 2.74. The van der Waals surface area contributed by atoms with Gasteiger partial charge in [-0.25, -0.2) is 4.98 Å². The summed E-state index contributed by atoms with van der Waals surface area (Å²) < 4.78 is 1.75. The molecular weight excluding hydrogens is 216 g/mol. The summed E-state index contributed by atoms with van der Waals surface area (Å²) in [7, 11) is 0. The molecule has 0 amide bonds. The third-order valence-corrected chi connectivity index (χ3v) is 2.92. The number of thioether (sulfide) groups is 1. The first-order valence-electron chi connectivity index (χ1n) is 4.37. The van der Waals surface area contributed by atoms with Crippen LogP contribution in [0.5, 0.6) is 0 Å². The Morgan fingerprint density at radius 3 is 3.20 bits per heavy atom. The van der Waals surface area contributed by atoms with Gasteiger partial charge in [-0.05, 0) is 0 Å². The van der Waals surface area contributed by atoms with E-state index in [2.05, 4.69) is 15.2 Å². The number of rotatable bonds is 4. The van der Waals surface area contributed by atoms with Crippen molar-refractivity contribution in [2.75, 3.05) is 12.4 Å². The topological polar surface area (TPSA) is 83.5 Å². The molecule has 15 heavy (non-hydrogen) atoms. The van der Waals surface area contributed by atoms with Gasteiger partial charge in [-0.1, -0.05) is 11.8 Å². The Bertz CT molecular complexity index is 447. The SMILES string of the molecule is OCC(O)CSc1nccn2cnnc12. The van der Waals surface area contributed by atoms with Crippen molar-refractivity contribution in [1.82, 2.24) is 19.6 Å². The minimum Gasteiger partial charge on any atom is -0.394 e. The van der Waals surface area contributed by atoms with Crippen molar-refractivity contribution < 1.29 is 10.2 Å². The van der Waals surface area contributed by atoms with Gasteiger partial charge in [0.25, 0.3) is 0 Å². The van der Waals surface area contributed by atoms with Gasteiger partial charge in [-0.3, -0.25) is 4.40 Å². The van der Waals surface area contributed by atoms with Crippen molar-refractivity contribution in [1.29, 1.82) is 0 Å². The summed E-state index contributed by atoms with van der Waals surface area (Å²) in [5.41, 5.74) is 0.660. The van der Waals surface area contributed by atoms with Crippen molar-refractivity contribution >= 4 is 17.4 Å². The van der Waals surface area contributed by atoms with Crippen LogP contribution in [-0.4, -0.2) is 48.3 Å². The Labute approximate surface area is 90.0 Å². The minimum atomic E-state index is -0.736. The van der Waals surface area contributed by atoms with Crippen molar-refractivity contribution in [2.45, 2.75) is 11.1 Å². The Morgan fingerprint density at radius 1 is 1.53 bits per heavy atom. The van der Waals surface area contributed by atoms with Crippen LogP contribution in [0, 0.1) is 0 Å². The molecule has 0 aliphatic carbocycles. The van der Waals surface area contributed by atoms with Gasteiger partial charge in [0, 0.05) is 18.1 Å². The number of nitrogens with zero attached hydrogens (tertiary/aromatic N) is 4. The Kier molecular flexibility index (Phi) is 3.14. The van der Waals surface area contributed by atoms with Crippen molar-refractivity contribution in [3.05, 3.63) is 18.7 Å². The molecule has 7 heteroatoms. The molecule has 0 aromatic carbocycles. The number of aromatic nitrogens is 4. The van der Waals surface area contributed by atoms with Gasteiger partial charge in [0.05, 0.1) is 12.7 Å². The Balaban J connectivity index is 2.17. The van der Waals surface area contributed by atoms with Crippen molar-refractivity contribution in [2.24, 2.45) is 0 Å². The summed E-state index contributed by atoms with van der Waals surface area (Å²) in [6.07, 6.45) is 4.25. The normalized spacial score (nSPS) is 13.2. The van der Waals surface area contributed by atoms with Gasteiger partial charge >= 0.3 is 0 Å². The van der Waals surface area contributed by atoms with Crippen LogP contribution in [0.25, 0.3) is 5.65 Å². The molecule has 1 atom stereocenters. The summed E-state index contributed by atoms with van der Waals surface area (Å²) in [6, 6.07) is 0. The van der Waals surface area contributed by atoms with Crippen molar-refractivity contribution in [3.63, 3.8) is 0 Å².